The zero-order chi connectivity index (χ0) is 21.8. The van der Waals surface area contributed by atoms with E-state index < -0.39 is 0 Å². The molecule has 0 saturated carbocycles. The number of hydrogen-bond donors (Lipinski definition) is 1. The molecule has 0 bridgehead atoms. The fourth-order valence-corrected chi connectivity index (χ4v) is 3.31. The van der Waals surface area contributed by atoms with Gasteiger partial charge in [0.1, 0.15) is 17.2 Å². The van der Waals surface area contributed by atoms with Crippen LogP contribution in [0.2, 0.25) is 0 Å². The van der Waals surface area contributed by atoms with Crippen molar-refractivity contribution in [3.8, 4) is 22.8 Å². The minimum Gasteiger partial charge on any atom is -0.364 e. The average molecular weight is 414 g/mol. The molecule has 6 heteroatoms. The second kappa shape index (κ2) is 8.60. The molecule has 0 amide bonds. The first-order chi connectivity index (χ1) is 14.9. The van der Waals surface area contributed by atoms with Gasteiger partial charge in [-0.3, -0.25) is 4.98 Å². The Bertz CT molecular complexity index is 1170. The van der Waals surface area contributed by atoms with Gasteiger partial charge in [0.05, 0.1) is 0 Å². The lowest BCUT2D eigenvalue weighted by molar-refractivity contribution is 0.522. The monoisotopic (exact) mass is 413 g/mol. The van der Waals surface area contributed by atoms with E-state index in [0.717, 1.165) is 11.1 Å². The molecular formula is C25H24FN5. The van der Waals surface area contributed by atoms with Crippen LogP contribution in [0.4, 0.5) is 10.2 Å². The van der Waals surface area contributed by atoms with Crippen molar-refractivity contribution in [2.45, 2.75) is 32.7 Å². The first-order valence-corrected chi connectivity index (χ1v) is 10.2. The second-order valence-electron chi connectivity index (χ2n) is 8.33. The Labute approximate surface area is 181 Å². The van der Waals surface area contributed by atoms with Crippen molar-refractivity contribution >= 4 is 5.82 Å². The van der Waals surface area contributed by atoms with Crippen molar-refractivity contribution < 1.29 is 4.39 Å². The predicted molar refractivity (Wildman–Crippen MR) is 121 cm³/mol. The van der Waals surface area contributed by atoms with E-state index in [1.54, 1.807) is 12.3 Å². The summed E-state index contributed by atoms with van der Waals surface area (Å²) in [4.78, 5) is 8.99. The Balaban J connectivity index is 1.66. The summed E-state index contributed by atoms with van der Waals surface area (Å²) in [5.74, 6) is 0.796. The van der Waals surface area contributed by atoms with Gasteiger partial charge in [-0.25, -0.2) is 9.37 Å². The number of benzene rings is 2. The molecule has 0 radical (unpaired) electrons. The maximum atomic E-state index is 14.6. The van der Waals surface area contributed by atoms with Crippen LogP contribution in [-0.2, 0) is 12.0 Å². The third-order valence-corrected chi connectivity index (χ3v) is 4.93. The Morgan fingerprint density at radius 2 is 1.68 bits per heavy atom. The van der Waals surface area contributed by atoms with E-state index >= 15 is 0 Å². The maximum Gasteiger partial charge on any atom is 0.202 e. The van der Waals surface area contributed by atoms with Crippen LogP contribution >= 0.6 is 0 Å². The molecule has 5 nitrogen and oxygen atoms in total. The Morgan fingerprint density at radius 1 is 0.903 bits per heavy atom. The van der Waals surface area contributed by atoms with Gasteiger partial charge >= 0.3 is 0 Å². The molecule has 4 rings (SSSR count). The molecule has 2 aromatic carbocycles. The minimum absolute atomic E-state index is 0.204. The second-order valence-corrected chi connectivity index (χ2v) is 8.33. The quantitative estimate of drug-likeness (QED) is 0.458. The molecule has 31 heavy (non-hydrogen) atoms. The van der Waals surface area contributed by atoms with Gasteiger partial charge in [0.25, 0.3) is 0 Å². The largest absolute Gasteiger partial charge is 0.364 e. The molecule has 2 heterocycles. The number of aromatic nitrogens is 4. The van der Waals surface area contributed by atoms with Crippen molar-refractivity contribution in [3.05, 3.63) is 89.9 Å². The lowest BCUT2D eigenvalue weighted by atomic mass is 9.86. The number of nitrogens with zero attached hydrogens (tertiary/aromatic N) is 4. The topological polar surface area (TPSA) is 63.6 Å². The van der Waals surface area contributed by atoms with Gasteiger partial charge in [-0.2, -0.15) is 0 Å². The van der Waals surface area contributed by atoms with E-state index in [4.69, 9.17) is 0 Å². The van der Waals surface area contributed by atoms with Crippen molar-refractivity contribution in [3.63, 3.8) is 0 Å². The van der Waals surface area contributed by atoms with Crippen molar-refractivity contribution in [1.82, 2.24) is 20.2 Å². The summed E-state index contributed by atoms with van der Waals surface area (Å²) >= 11 is 0. The summed E-state index contributed by atoms with van der Waals surface area (Å²) < 4.78 is 14.6. The van der Waals surface area contributed by atoms with E-state index in [2.05, 4.69) is 25.5 Å². The molecule has 0 saturated heterocycles. The predicted octanol–water partition coefficient (Wildman–Crippen LogP) is 5.65. The molecule has 0 fully saturated rings. The Morgan fingerprint density at radius 3 is 2.35 bits per heavy atom. The third-order valence-electron chi connectivity index (χ3n) is 4.93. The zero-order valence-electron chi connectivity index (χ0n) is 17.8. The number of rotatable bonds is 5. The fraction of sp³-hybridized carbons (Fsp3) is 0.200. The molecule has 156 valence electrons. The van der Waals surface area contributed by atoms with Gasteiger partial charge in [0, 0.05) is 18.3 Å². The van der Waals surface area contributed by atoms with Gasteiger partial charge in [-0.05, 0) is 34.7 Å². The Hall–Kier alpha value is -3.67. The smallest absolute Gasteiger partial charge is 0.202 e. The molecule has 0 unspecified atom stereocenters. The molecular weight excluding hydrogens is 389 g/mol. The highest BCUT2D eigenvalue weighted by molar-refractivity contribution is 5.72. The number of anilines is 1. The molecule has 2 aromatic heterocycles. The number of halogens is 1. The van der Waals surface area contributed by atoms with E-state index in [1.807, 2.05) is 81.4 Å². The van der Waals surface area contributed by atoms with Crippen molar-refractivity contribution in [2.75, 3.05) is 5.32 Å². The lowest BCUT2D eigenvalue weighted by Crippen LogP contribution is -2.14. The van der Waals surface area contributed by atoms with Crippen LogP contribution in [0.25, 0.3) is 22.8 Å². The van der Waals surface area contributed by atoms with E-state index in [9.17, 15) is 4.39 Å². The standard InChI is InChI=1S/C25H24FN5/c1-25(2,3)19-13-12-17(15-20(19)26)16-28-24-22(18-9-5-4-6-10-18)30-31-23(29-24)21-11-7-8-14-27-21/h4-15H,16H2,1-3H3,(H,28,29,31). The van der Waals surface area contributed by atoms with Gasteiger partial charge < -0.3 is 5.32 Å². The number of pyridine rings is 1. The normalized spacial score (nSPS) is 11.4. The van der Waals surface area contributed by atoms with Crippen molar-refractivity contribution in [1.29, 1.82) is 0 Å². The van der Waals surface area contributed by atoms with Gasteiger partial charge in [-0.15, -0.1) is 10.2 Å². The molecule has 0 spiro atoms. The highest BCUT2D eigenvalue weighted by atomic mass is 19.1. The maximum absolute atomic E-state index is 14.6. The van der Waals surface area contributed by atoms with Crippen LogP contribution in [-0.4, -0.2) is 20.2 Å². The fourth-order valence-electron chi connectivity index (χ4n) is 3.31. The minimum atomic E-state index is -0.245. The van der Waals surface area contributed by atoms with Gasteiger partial charge in [0.15, 0.2) is 5.82 Å². The van der Waals surface area contributed by atoms with Gasteiger partial charge in [-0.1, -0.05) is 69.3 Å². The van der Waals surface area contributed by atoms with E-state index in [1.165, 1.54) is 0 Å². The molecule has 0 atom stereocenters. The van der Waals surface area contributed by atoms with E-state index in [-0.39, 0.29) is 11.2 Å². The van der Waals surface area contributed by atoms with Crippen LogP contribution in [0.15, 0.2) is 72.9 Å². The van der Waals surface area contributed by atoms with Crippen LogP contribution < -0.4 is 5.32 Å². The Kier molecular flexibility index (Phi) is 5.71. The molecule has 1 N–H and O–H groups in total. The van der Waals surface area contributed by atoms with Crippen molar-refractivity contribution in [2.24, 2.45) is 0 Å². The van der Waals surface area contributed by atoms with Crippen LogP contribution in [0, 0.1) is 5.82 Å². The first kappa shape index (κ1) is 20.6. The zero-order valence-corrected chi connectivity index (χ0v) is 17.8. The number of hydrogen-bond acceptors (Lipinski definition) is 5. The summed E-state index contributed by atoms with van der Waals surface area (Å²) in [5.41, 5.74) is 3.44. The van der Waals surface area contributed by atoms with Crippen LogP contribution in [0.1, 0.15) is 31.9 Å². The SMILES string of the molecule is CC(C)(C)c1ccc(CNc2nc(-c3ccccn3)nnc2-c2ccccc2)cc1F. The van der Waals surface area contributed by atoms with Crippen LogP contribution in [0.3, 0.4) is 0 Å². The molecule has 0 aliphatic rings. The highest BCUT2D eigenvalue weighted by Crippen LogP contribution is 2.28. The van der Waals surface area contributed by atoms with E-state index in [0.29, 0.717) is 35.1 Å². The number of nitrogens with one attached hydrogen (secondary N) is 1. The summed E-state index contributed by atoms with van der Waals surface area (Å²) in [6.45, 7) is 6.41. The average Bonchev–Trinajstić information content (AvgIpc) is 2.78. The van der Waals surface area contributed by atoms with Gasteiger partial charge in [0.2, 0.25) is 5.82 Å². The molecule has 4 aromatic rings. The molecule has 0 aliphatic heterocycles. The summed E-state index contributed by atoms with van der Waals surface area (Å²) in [6, 6.07) is 20.6. The molecule has 0 aliphatic carbocycles. The first-order valence-electron chi connectivity index (χ1n) is 10.2. The third kappa shape index (κ3) is 4.74. The lowest BCUT2D eigenvalue weighted by Gasteiger charge is -2.20. The highest BCUT2D eigenvalue weighted by Gasteiger charge is 2.19. The summed E-state index contributed by atoms with van der Waals surface area (Å²) in [6.07, 6.45) is 1.69. The summed E-state index contributed by atoms with van der Waals surface area (Å²) in [5, 5.41) is 12.0. The summed E-state index contributed by atoms with van der Waals surface area (Å²) in [7, 11) is 0. The van der Waals surface area contributed by atoms with Crippen LogP contribution in [0.5, 0.6) is 0 Å².